The maximum Gasteiger partial charge on any atom is 0.280 e. The Balaban J connectivity index is 0.000000154. The predicted molar refractivity (Wildman–Crippen MR) is 503 cm³/mol. The van der Waals surface area contributed by atoms with Gasteiger partial charge in [-0.2, -0.15) is 0 Å². The second kappa shape index (κ2) is 40.7. The van der Waals surface area contributed by atoms with Crippen LogP contribution >= 0.6 is 0 Å². The van der Waals surface area contributed by atoms with E-state index in [0.717, 1.165) is 126 Å². The molecule has 4 aromatic heterocycles. The quantitative estimate of drug-likeness (QED) is 0.0636. The average Bonchev–Trinajstić information content (AvgIpc) is 1.43. The number of piperidine rings is 4. The van der Waals surface area contributed by atoms with Crippen molar-refractivity contribution in [3.8, 4) is 0 Å². The Morgan fingerprint density at radius 1 is 0.449 bits per heavy atom. The Bertz CT molecular complexity index is 3630. The molecule has 0 amide bonds. The van der Waals surface area contributed by atoms with Crippen molar-refractivity contribution in [1.29, 1.82) is 0 Å². The van der Waals surface area contributed by atoms with Crippen LogP contribution < -0.4 is 18.7 Å². The number of rotatable bonds is 16. The molecule has 672 valence electrons. The molecule has 118 heavy (non-hydrogen) atoms. The molecule has 11 aliphatic heterocycles. The van der Waals surface area contributed by atoms with Crippen LogP contribution in [-0.4, -0.2) is 242 Å². The summed E-state index contributed by atoms with van der Waals surface area (Å²) in [6.45, 7) is 86.2. The lowest BCUT2D eigenvalue weighted by atomic mass is 9.70. The molecule has 6 unspecified atom stereocenters. The van der Waals surface area contributed by atoms with Gasteiger partial charge in [0.05, 0.1) is 165 Å². The van der Waals surface area contributed by atoms with Crippen molar-refractivity contribution in [3.05, 3.63) is 95.9 Å². The first-order valence-corrected chi connectivity index (χ1v) is 49.8. The highest BCUT2D eigenvalue weighted by molar-refractivity contribution is 5.44. The van der Waals surface area contributed by atoms with E-state index in [1.165, 1.54) is 195 Å². The molecule has 8 bridgehead atoms. The predicted octanol–water partition coefficient (Wildman–Crippen LogP) is 19.9. The molecule has 15 heterocycles. The monoisotopic (exact) mass is 1640 g/mol. The van der Waals surface area contributed by atoms with Gasteiger partial charge in [0.2, 0.25) is 6.33 Å². The SMILES string of the molecule is CC(C)C1CC2C[N+](C)(C(C)C)CC2C1.CC(C)N1C2CC3CC1CC(C2)[N+]3(C)C(C)C.CC(C)N1C2CCC1C1CCC2[N+]1(C)C(C)C.CC(C)N1CCCc2n1cc[n+]2C(C)C.CC(C)N1CC[N+](C)(C(C)C)CC1.CC(C)[N+]1(C(C)C)CC=CC1.CC(C)c1cc[n+](C(C)C)c2c1CCC2.CC(C)c1ccc2c[n+](C(C)C)cn2c1. The van der Waals surface area contributed by atoms with Crippen molar-refractivity contribution in [1.82, 2.24) is 23.8 Å². The molecule has 9 saturated heterocycles. The lowest BCUT2D eigenvalue weighted by molar-refractivity contribution is -0.988. The number of aromatic nitrogens is 5. The second-order valence-electron chi connectivity index (χ2n) is 45.8. The topological polar surface area (TPSA) is 33.9 Å². The van der Waals surface area contributed by atoms with Gasteiger partial charge in [-0.25, -0.2) is 23.1 Å². The van der Waals surface area contributed by atoms with Crippen molar-refractivity contribution >= 4 is 5.52 Å². The summed E-state index contributed by atoms with van der Waals surface area (Å²) in [4.78, 5) is 8.31. The highest BCUT2D eigenvalue weighted by Gasteiger charge is 2.65. The molecule has 4 aromatic rings. The molecule has 13 aliphatic rings. The first-order valence-electron chi connectivity index (χ1n) is 49.8. The first kappa shape index (κ1) is 98.1. The van der Waals surface area contributed by atoms with E-state index in [9.17, 15) is 0 Å². The minimum absolute atomic E-state index is 0.521. The van der Waals surface area contributed by atoms with Crippen LogP contribution in [0.3, 0.4) is 0 Å². The number of likely N-dealkylation sites (N-methyl/N-ethyl adjacent to an activating group) is 2. The van der Waals surface area contributed by atoms with Gasteiger partial charge in [0.1, 0.15) is 24.5 Å². The lowest BCUT2D eigenvalue weighted by Crippen LogP contribution is -2.77. The van der Waals surface area contributed by atoms with Gasteiger partial charge in [-0.1, -0.05) is 47.6 Å². The molecule has 6 atom stereocenters. The minimum atomic E-state index is 0.521. The van der Waals surface area contributed by atoms with Gasteiger partial charge < -0.3 is 22.4 Å². The van der Waals surface area contributed by atoms with Gasteiger partial charge in [-0.05, 0) is 278 Å². The van der Waals surface area contributed by atoms with Crippen molar-refractivity contribution in [2.24, 2.45) is 23.7 Å². The summed E-state index contributed by atoms with van der Waals surface area (Å²) < 4.78 is 18.2. The number of hydrogen-bond acceptors (Lipinski definition) is 4. The van der Waals surface area contributed by atoms with Gasteiger partial charge in [-0.15, -0.1) is 4.68 Å². The fourth-order valence-electron chi connectivity index (χ4n) is 25.4. The Labute approximate surface area is 729 Å². The third-order valence-corrected chi connectivity index (χ3v) is 34.3. The smallest absolute Gasteiger partial charge is 0.280 e. The van der Waals surface area contributed by atoms with Gasteiger partial charge >= 0.3 is 0 Å². The molecule has 1 saturated carbocycles. The number of imidazole rings is 2. The molecule has 14 nitrogen and oxygen atoms in total. The molecule has 0 radical (unpaired) electrons. The summed E-state index contributed by atoms with van der Waals surface area (Å²) in [7, 11) is 9.95. The van der Waals surface area contributed by atoms with Crippen LogP contribution in [-0.2, 0) is 19.3 Å². The summed E-state index contributed by atoms with van der Waals surface area (Å²) in [5.41, 5.74) is 7.44. The number of nitrogens with zero attached hydrogens (tertiary/aromatic N) is 14. The Hall–Kier alpha value is -3.73. The van der Waals surface area contributed by atoms with Crippen LogP contribution in [0.5, 0.6) is 0 Å². The van der Waals surface area contributed by atoms with Gasteiger partial charge in [0, 0.05) is 112 Å². The molecule has 10 fully saturated rings. The summed E-state index contributed by atoms with van der Waals surface area (Å²) in [5, 5.41) is 2.44. The Morgan fingerprint density at radius 2 is 0.966 bits per heavy atom. The van der Waals surface area contributed by atoms with Crippen LogP contribution in [0.25, 0.3) is 5.52 Å². The Morgan fingerprint density at radius 3 is 1.38 bits per heavy atom. The summed E-state index contributed by atoms with van der Waals surface area (Å²) in [5.74, 6) is 6.73. The molecule has 17 rings (SSSR count). The maximum absolute atomic E-state index is 2.88. The molecule has 0 spiro atoms. The van der Waals surface area contributed by atoms with Crippen LogP contribution in [0.1, 0.15) is 357 Å². The highest BCUT2D eigenvalue weighted by Crippen LogP contribution is 2.53. The maximum atomic E-state index is 2.88. The third-order valence-electron chi connectivity index (χ3n) is 34.3. The lowest BCUT2D eigenvalue weighted by Gasteiger charge is -2.66. The van der Waals surface area contributed by atoms with E-state index in [0.29, 0.717) is 36.0 Å². The van der Waals surface area contributed by atoms with E-state index in [-0.39, 0.29) is 0 Å². The molecule has 0 aromatic carbocycles. The number of quaternary nitrogens is 5. The largest absolute Gasteiger partial charge is 0.324 e. The zero-order valence-corrected chi connectivity index (χ0v) is 84.2. The Kier molecular flexibility index (Phi) is 33.8. The molecular weight excluding hydrogens is 1450 g/mol. The number of fused-ring (bicyclic) bond motifs is 10. The van der Waals surface area contributed by atoms with Crippen LogP contribution in [0.4, 0.5) is 0 Å². The molecular formula is C104H194N14+8. The van der Waals surface area contributed by atoms with Crippen molar-refractivity contribution in [2.45, 2.75) is 457 Å². The summed E-state index contributed by atoms with van der Waals surface area (Å²) in [6.07, 6.45) is 39.0. The van der Waals surface area contributed by atoms with Crippen LogP contribution in [0.15, 0.2) is 67.7 Å². The fourth-order valence-corrected chi connectivity index (χ4v) is 25.4. The van der Waals surface area contributed by atoms with Gasteiger partial charge in [0.25, 0.3) is 5.82 Å². The van der Waals surface area contributed by atoms with Gasteiger partial charge in [0.15, 0.2) is 29.6 Å². The van der Waals surface area contributed by atoms with E-state index in [1.807, 2.05) is 0 Å². The van der Waals surface area contributed by atoms with Crippen LogP contribution in [0.2, 0.25) is 0 Å². The third kappa shape index (κ3) is 21.2. The van der Waals surface area contributed by atoms with Crippen molar-refractivity contribution in [3.63, 3.8) is 0 Å². The summed E-state index contributed by atoms with van der Waals surface area (Å²) >= 11 is 0. The number of hydrogen-bond donors (Lipinski definition) is 0. The average molecular weight is 1640 g/mol. The van der Waals surface area contributed by atoms with E-state index < -0.39 is 0 Å². The normalized spacial score (nSPS) is 30.3. The number of likely N-dealkylation sites (tertiary alicyclic amines) is 1. The van der Waals surface area contributed by atoms with E-state index >= 15 is 0 Å². The van der Waals surface area contributed by atoms with E-state index in [2.05, 4.69) is 360 Å². The van der Waals surface area contributed by atoms with E-state index in [1.54, 1.807) is 16.8 Å². The van der Waals surface area contributed by atoms with E-state index in [4.69, 9.17) is 0 Å². The molecule has 14 heteroatoms. The number of piperazine rings is 2. The minimum Gasteiger partial charge on any atom is -0.324 e. The van der Waals surface area contributed by atoms with Gasteiger partial charge in [-0.3, -0.25) is 14.7 Å². The highest BCUT2D eigenvalue weighted by atomic mass is 15.6. The zero-order chi connectivity index (χ0) is 87.5. The number of pyridine rings is 2. The van der Waals surface area contributed by atoms with Crippen molar-refractivity contribution < 1.29 is 36.1 Å². The fraction of sp³-hybridized carbons (Fsp3) is 0.837. The summed E-state index contributed by atoms with van der Waals surface area (Å²) in [6, 6.07) is 23.2. The second-order valence-corrected chi connectivity index (χ2v) is 45.8. The first-order chi connectivity index (χ1) is 55.2. The van der Waals surface area contributed by atoms with Crippen molar-refractivity contribution in [2.75, 3.05) is 92.1 Å². The zero-order valence-electron chi connectivity index (χ0n) is 84.2. The standard InChI is InChI=1S/2C15H29N2.C14H28N.C14H22N.C13H19N2.C12H22N3.C11H25N2.C10H20N/c1-10(2)16-12-6-14-8-13(16)9-15(7-12)17(14,5)11(3)4;1-10(2)16-12-6-7-13(16)15-9-8-14(12)17(15,5)11(3)4;1-10(2)12-6-13-8-15(5,11(3)4)9-14(13)7-12;1-10(2)12-8-9-15(11(3)4)14-7-5-6-13(12)14;1-10(2)12-5-6-13-8-14(11(3)4)9-15(13)7-12;1-10(2)13-8-9-15-12(13)6-5-7-14(15)11(3)4;1-10(2)12-6-8-13(5,9-7-12)11(3)4;1-9(2)11(10(3)4)7-5-6-8-11/h2*10-15H,6-9H2,1-5H3;10-14H,6-9H2,1-5H3;8-11H,5-7H2,1-4H3;5-11H,1-4H3;8-11H,5-7H2,1-4H3;10-11H,6-9H2,1-5H3;5-6,9-10H,7-8H2,1-4H3/q8*+1. The molecule has 0 N–H and O–H groups in total. The van der Waals surface area contributed by atoms with Crippen LogP contribution in [0, 0.1) is 23.7 Å². The molecule has 2 aliphatic carbocycles.